The Hall–Kier alpha value is -1.39. The highest BCUT2D eigenvalue weighted by molar-refractivity contribution is 5.98. The van der Waals surface area contributed by atoms with Gasteiger partial charge in [0.1, 0.15) is 0 Å². The number of nitrogens with two attached hydrogens (primary N) is 1. The van der Waals surface area contributed by atoms with Crippen molar-refractivity contribution >= 4 is 11.5 Å². The van der Waals surface area contributed by atoms with Crippen LogP contribution in [0.1, 0.15) is 15.9 Å². The summed E-state index contributed by atoms with van der Waals surface area (Å²) in [6.07, 6.45) is 0. The average molecular weight is 222 g/mol. The first kappa shape index (κ1) is 12.7. The Labute approximate surface area is 95.7 Å². The average Bonchev–Trinajstić information content (AvgIpc) is 2.22. The highest BCUT2D eigenvalue weighted by Gasteiger charge is 2.09. The molecule has 0 aliphatic rings. The van der Waals surface area contributed by atoms with Crippen LogP contribution in [0.15, 0.2) is 18.2 Å². The predicted octanol–water partition coefficient (Wildman–Crippen LogP) is 0.684. The van der Waals surface area contributed by atoms with Crippen molar-refractivity contribution < 1.29 is 9.90 Å². The van der Waals surface area contributed by atoms with Crippen LogP contribution < -0.4 is 5.73 Å². The molecule has 0 spiro atoms. The van der Waals surface area contributed by atoms with Crippen molar-refractivity contribution in [3.63, 3.8) is 0 Å². The monoisotopic (exact) mass is 222 g/mol. The molecule has 0 aliphatic heterocycles. The number of Topliss-reactive ketones (excluding diaryl/α,β-unsaturated/α-hetero) is 1. The SMILES string of the molecule is Cc1ccc(C(=O)CN(C)CCO)cc1N. The lowest BCUT2D eigenvalue weighted by Gasteiger charge is -2.14. The number of aliphatic hydroxyl groups is 1. The molecule has 0 atom stereocenters. The Morgan fingerprint density at radius 3 is 2.75 bits per heavy atom. The number of ketones is 1. The molecule has 0 aromatic heterocycles. The molecular formula is C12H18N2O2. The summed E-state index contributed by atoms with van der Waals surface area (Å²) >= 11 is 0. The topological polar surface area (TPSA) is 66.6 Å². The Balaban J connectivity index is 2.69. The van der Waals surface area contributed by atoms with Crippen LogP contribution >= 0.6 is 0 Å². The minimum atomic E-state index is 0.0163. The maximum Gasteiger partial charge on any atom is 0.176 e. The van der Waals surface area contributed by atoms with E-state index in [1.54, 1.807) is 24.1 Å². The van der Waals surface area contributed by atoms with Crippen molar-refractivity contribution in [1.82, 2.24) is 4.90 Å². The van der Waals surface area contributed by atoms with Gasteiger partial charge in [-0.05, 0) is 25.6 Å². The molecule has 0 aliphatic carbocycles. The molecule has 3 N–H and O–H groups in total. The quantitative estimate of drug-likeness (QED) is 0.568. The lowest BCUT2D eigenvalue weighted by atomic mass is 10.1. The molecule has 1 aromatic rings. The summed E-state index contributed by atoms with van der Waals surface area (Å²) in [5.74, 6) is 0.0163. The van der Waals surface area contributed by atoms with Gasteiger partial charge in [-0.1, -0.05) is 12.1 Å². The molecule has 0 heterocycles. The summed E-state index contributed by atoms with van der Waals surface area (Å²) < 4.78 is 0. The summed E-state index contributed by atoms with van der Waals surface area (Å²) in [5.41, 5.74) is 7.97. The fraction of sp³-hybridized carbons (Fsp3) is 0.417. The van der Waals surface area contributed by atoms with Gasteiger partial charge in [0.15, 0.2) is 5.78 Å². The van der Waals surface area contributed by atoms with E-state index in [1.165, 1.54) is 0 Å². The molecule has 1 rings (SSSR count). The molecule has 1 aromatic carbocycles. The fourth-order valence-electron chi connectivity index (χ4n) is 1.40. The van der Waals surface area contributed by atoms with Crippen molar-refractivity contribution in [3.05, 3.63) is 29.3 Å². The van der Waals surface area contributed by atoms with Crippen molar-refractivity contribution in [2.75, 3.05) is 32.5 Å². The largest absolute Gasteiger partial charge is 0.398 e. The van der Waals surface area contributed by atoms with E-state index >= 15 is 0 Å². The molecule has 0 radical (unpaired) electrons. The summed E-state index contributed by atoms with van der Waals surface area (Å²) in [5, 5.41) is 8.73. The Bertz CT molecular complexity index is 377. The number of nitrogen functional groups attached to an aromatic ring is 1. The number of aryl methyl sites for hydroxylation is 1. The van der Waals surface area contributed by atoms with Crippen LogP contribution in [0.25, 0.3) is 0 Å². The summed E-state index contributed by atoms with van der Waals surface area (Å²) in [6, 6.07) is 5.32. The number of rotatable bonds is 5. The Kier molecular flexibility index (Phi) is 4.46. The number of hydrogen-bond acceptors (Lipinski definition) is 4. The fourth-order valence-corrected chi connectivity index (χ4v) is 1.40. The first-order valence-corrected chi connectivity index (χ1v) is 5.23. The number of carbonyl (C=O) groups excluding carboxylic acids is 1. The van der Waals surface area contributed by atoms with Crippen LogP contribution in [-0.4, -0.2) is 42.5 Å². The van der Waals surface area contributed by atoms with E-state index in [2.05, 4.69) is 0 Å². The van der Waals surface area contributed by atoms with Crippen molar-refractivity contribution in [2.45, 2.75) is 6.92 Å². The molecule has 0 saturated carbocycles. The van der Waals surface area contributed by atoms with Crippen LogP contribution in [0.3, 0.4) is 0 Å². The minimum Gasteiger partial charge on any atom is -0.398 e. The second-order valence-corrected chi connectivity index (χ2v) is 3.96. The predicted molar refractivity (Wildman–Crippen MR) is 64.5 cm³/mol. The number of anilines is 1. The molecule has 0 unspecified atom stereocenters. The van der Waals surface area contributed by atoms with Crippen molar-refractivity contribution in [3.8, 4) is 0 Å². The first-order valence-electron chi connectivity index (χ1n) is 5.23. The van der Waals surface area contributed by atoms with Crippen LogP contribution in [0.5, 0.6) is 0 Å². The second-order valence-electron chi connectivity index (χ2n) is 3.96. The third kappa shape index (κ3) is 3.32. The number of nitrogens with zero attached hydrogens (tertiary/aromatic N) is 1. The van der Waals surface area contributed by atoms with Gasteiger partial charge in [-0.15, -0.1) is 0 Å². The van der Waals surface area contributed by atoms with Crippen LogP contribution in [-0.2, 0) is 0 Å². The zero-order valence-corrected chi connectivity index (χ0v) is 9.73. The second kappa shape index (κ2) is 5.63. The number of hydrogen-bond donors (Lipinski definition) is 2. The van der Waals surface area contributed by atoms with Gasteiger partial charge < -0.3 is 10.8 Å². The van der Waals surface area contributed by atoms with Gasteiger partial charge >= 0.3 is 0 Å². The van der Waals surface area contributed by atoms with Crippen LogP contribution in [0, 0.1) is 6.92 Å². The van der Waals surface area contributed by atoms with Gasteiger partial charge in [-0.2, -0.15) is 0 Å². The highest BCUT2D eigenvalue weighted by atomic mass is 16.3. The molecule has 0 bridgehead atoms. The van der Waals surface area contributed by atoms with Gasteiger partial charge in [0.25, 0.3) is 0 Å². The minimum absolute atomic E-state index is 0.0163. The third-order valence-electron chi connectivity index (χ3n) is 2.50. The van der Waals surface area contributed by atoms with E-state index < -0.39 is 0 Å². The summed E-state index contributed by atoms with van der Waals surface area (Å²) in [6.45, 7) is 2.75. The molecule has 88 valence electrons. The van der Waals surface area contributed by atoms with Crippen LogP contribution in [0.4, 0.5) is 5.69 Å². The molecule has 16 heavy (non-hydrogen) atoms. The van der Waals surface area contributed by atoms with Gasteiger partial charge in [-0.25, -0.2) is 0 Å². The summed E-state index contributed by atoms with van der Waals surface area (Å²) in [4.78, 5) is 13.6. The standard InChI is InChI=1S/C12H18N2O2/c1-9-3-4-10(7-11(9)13)12(16)8-14(2)5-6-15/h3-4,7,15H,5-6,8,13H2,1-2H3. The number of aliphatic hydroxyl groups excluding tert-OH is 1. The number of likely N-dealkylation sites (N-methyl/N-ethyl adjacent to an activating group) is 1. The van der Waals surface area contributed by atoms with E-state index in [0.717, 1.165) is 5.56 Å². The zero-order valence-electron chi connectivity index (χ0n) is 9.73. The van der Waals surface area contributed by atoms with E-state index in [4.69, 9.17) is 10.8 Å². The number of carbonyl (C=O) groups is 1. The zero-order chi connectivity index (χ0) is 12.1. The molecule has 0 amide bonds. The Morgan fingerprint density at radius 2 is 2.19 bits per heavy atom. The van der Waals surface area contributed by atoms with Crippen molar-refractivity contribution in [1.29, 1.82) is 0 Å². The molecule has 4 heteroatoms. The Morgan fingerprint density at radius 1 is 1.50 bits per heavy atom. The smallest absolute Gasteiger partial charge is 0.176 e. The van der Waals surface area contributed by atoms with Gasteiger partial charge in [0.05, 0.1) is 13.2 Å². The van der Waals surface area contributed by atoms with E-state index in [0.29, 0.717) is 24.3 Å². The van der Waals surface area contributed by atoms with Gasteiger partial charge in [-0.3, -0.25) is 9.69 Å². The van der Waals surface area contributed by atoms with Gasteiger partial charge in [0.2, 0.25) is 0 Å². The number of benzene rings is 1. The molecule has 4 nitrogen and oxygen atoms in total. The van der Waals surface area contributed by atoms with E-state index in [1.807, 2.05) is 13.0 Å². The van der Waals surface area contributed by atoms with E-state index in [-0.39, 0.29) is 12.4 Å². The van der Waals surface area contributed by atoms with E-state index in [9.17, 15) is 4.79 Å². The summed E-state index contributed by atoms with van der Waals surface area (Å²) in [7, 11) is 1.80. The highest BCUT2D eigenvalue weighted by Crippen LogP contribution is 2.13. The van der Waals surface area contributed by atoms with Gasteiger partial charge in [0, 0.05) is 17.8 Å². The lowest BCUT2D eigenvalue weighted by molar-refractivity contribution is 0.0936. The normalized spacial score (nSPS) is 10.8. The molecular weight excluding hydrogens is 204 g/mol. The maximum atomic E-state index is 11.8. The maximum absolute atomic E-state index is 11.8. The van der Waals surface area contributed by atoms with Crippen LogP contribution in [0.2, 0.25) is 0 Å². The third-order valence-corrected chi connectivity index (χ3v) is 2.50. The lowest BCUT2D eigenvalue weighted by Crippen LogP contribution is -2.28. The first-order chi connectivity index (χ1) is 7.54. The van der Waals surface area contributed by atoms with Crippen molar-refractivity contribution in [2.24, 2.45) is 0 Å². The molecule has 0 saturated heterocycles. The molecule has 0 fully saturated rings.